The predicted molar refractivity (Wildman–Crippen MR) is 94.6 cm³/mol. The number of nitrogens with zero attached hydrogens (tertiary/aromatic N) is 4. The van der Waals surface area contributed by atoms with Crippen molar-refractivity contribution in [2.24, 2.45) is 0 Å². The predicted octanol–water partition coefficient (Wildman–Crippen LogP) is 2.63. The summed E-state index contributed by atoms with van der Waals surface area (Å²) in [5.41, 5.74) is 4.60. The molecular weight excluding hydrogens is 316 g/mol. The van der Waals surface area contributed by atoms with E-state index in [0.717, 1.165) is 36.4 Å². The Balaban J connectivity index is 1.65. The SMILES string of the molecule is CCOc1cc2c(cc1-c1cn([C@H]3CC(=O)N(CC)C3)nn1)CCC2. The van der Waals surface area contributed by atoms with Crippen LogP contribution in [-0.2, 0) is 17.6 Å². The second-order valence-corrected chi connectivity index (χ2v) is 6.78. The number of hydrogen-bond donors (Lipinski definition) is 0. The number of rotatable bonds is 5. The Bertz CT molecular complexity index is 799. The zero-order valence-electron chi connectivity index (χ0n) is 14.9. The molecule has 6 heteroatoms. The first kappa shape index (κ1) is 16.1. The molecule has 0 spiro atoms. The summed E-state index contributed by atoms with van der Waals surface area (Å²) < 4.78 is 7.70. The molecule has 6 nitrogen and oxygen atoms in total. The number of carbonyl (C=O) groups is 1. The van der Waals surface area contributed by atoms with Crippen LogP contribution in [-0.4, -0.2) is 45.5 Å². The molecule has 1 amide bonds. The van der Waals surface area contributed by atoms with Gasteiger partial charge in [-0.05, 0) is 56.4 Å². The average Bonchev–Trinajstić information content (AvgIpc) is 3.32. The van der Waals surface area contributed by atoms with Crippen LogP contribution in [0.3, 0.4) is 0 Å². The van der Waals surface area contributed by atoms with E-state index in [-0.39, 0.29) is 11.9 Å². The van der Waals surface area contributed by atoms with Crippen LogP contribution < -0.4 is 4.74 Å². The Morgan fingerprint density at radius 3 is 2.76 bits per heavy atom. The minimum atomic E-state index is 0.0682. The van der Waals surface area contributed by atoms with Crippen molar-refractivity contribution in [1.29, 1.82) is 0 Å². The lowest BCUT2D eigenvalue weighted by atomic mass is 10.0. The van der Waals surface area contributed by atoms with Gasteiger partial charge < -0.3 is 9.64 Å². The van der Waals surface area contributed by atoms with E-state index < -0.39 is 0 Å². The van der Waals surface area contributed by atoms with Gasteiger partial charge in [0.1, 0.15) is 11.4 Å². The molecule has 1 aliphatic carbocycles. The lowest BCUT2D eigenvalue weighted by Crippen LogP contribution is -2.24. The second kappa shape index (κ2) is 6.50. The van der Waals surface area contributed by atoms with E-state index in [0.29, 0.717) is 19.6 Å². The van der Waals surface area contributed by atoms with Gasteiger partial charge in [0.15, 0.2) is 0 Å². The topological polar surface area (TPSA) is 60.2 Å². The van der Waals surface area contributed by atoms with Crippen molar-refractivity contribution in [2.45, 2.75) is 45.6 Å². The Morgan fingerprint density at radius 2 is 2.04 bits per heavy atom. The number of hydrogen-bond acceptors (Lipinski definition) is 4. The normalized spacial score (nSPS) is 19.5. The van der Waals surface area contributed by atoms with Crippen molar-refractivity contribution in [3.63, 3.8) is 0 Å². The fourth-order valence-corrected chi connectivity index (χ4v) is 3.89. The quantitative estimate of drug-likeness (QED) is 0.839. The molecule has 1 aliphatic heterocycles. The van der Waals surface area contributed by atoms with Gasteiger partial charge in [0.2, 0.25) is 5.91 Å². The first-order valence-corrected chi connectivity index (χ1v) is 9.18. The number of carbonyl (C=O) groups excluding carboxylic acids is 1. The Morgan fingerprint density at radius 1 is 1.24 bits per heavy atom. The number of fused-ring (bicyclic) bond motifs is 1. The van der Waals surface area contributed by atoms with Crippen LogP contribution in [0.5, 0.6) is 5.75 Å². The van der Waals surface area contributed by atoms with Gasteiger partial charge in [-0.1, -0.05) is 5.21 Å². The number of benzene rings is 1. The van der Waals surface area contributed by atoms with E-state index in [1.54, 1.807) is 0 Å². The summed E-state index contributed by atoms with van der Waals surface area (Å²) in [5.74, 6) is 1.07. The monoisotopic (exact) mass is 340 g/mol. The third-order valence-corrected chi connectivity index (χ3v) is 5.23. The molecular formula is C19H24N4O2. The zero-order valence-corrected chi connectivity index (χ0v) is 14.9. The highest BCUT2D eigenvalue weighted by Gasteiger charge is 2.30. The van der Waals surface area contributed by atoms with Crippen LogP contribution in [0.1, 0.15) is 43.9 Å². The van der Waals surface area contributed by atoms with Gasteiger partial charge in [0, 0.05) is 18.7 Å². The van der Waals surface area contributed by atoms with Crippen molar-refractivity contribution in [1.82, 2.24) is 19.9 Å². The van der Waals surface area contributed by atoms with Gasteiger partial charge in [-0.15, -0.1) is 5.10 Å². The molecule has 1 atom stereocenters. The third-order valence-electron chi connectivity index (χ3n) is 5.23. The summed E-state index contributed by atoms with van der Waals surface area (Å²) in [5, 5.41) is 8.68. The molecule has 25 heavy (non-hydrogen) atoms. The maximum atomic E-state index is 12.0. The summed E-state index contributed by atoms with van der Waals surface area (Å²) >= 11 is 0. The van der Waals surface area contributed by atoms with Crippen LogP contribution in [0.4, 0.5) is 0 Å². The van der Waals surface area contributed by atoms with Gasteiger partial charge >= 0.3 is 0 Å². The van der Waals surface area contributed by atoms with Crippen molar-refractivity contribution in [2.75, 3.05) is 19.7 Å². The van der Waals surface area contributed by atoms with Gasteiger partial charge in [0.25, 0.3) is 0 Å². The number of likely N-dealkylation sites (N-methyl/N-ethyl adjacent to an activating group) is 1. The number of likely N-dealkylation sites (tertiary alicyclic amines) is 1. The number of amides is 1. The fraction of sp³-hybridized carbons (Fsp3) is 0.526. The molecule has 2 aromatic rings. The molecule has 0 bridgehead atoms. The van der Waals surface area contributed by atoms with Gasteiger partial charge in [-0.25, -0.2) is 4.68 Å². The lowest BCUT2D eigenvalue weighted by Gasteiger charge is -2.13. The summed E-state index contributed by atoms with van der Waals surface area (Å²) in [4.78, 5) is 13.8. The smallest absolute Gasteiger partial charge is 0.224 e. The zero-order chi connectivity index (χ0) is 17.4. The molecule has 1 fully saturated rings. The average molecular weight is 340 g/mol. The molecule has 0 N–H and O–H groups in total. The summed E-state index contributed by atoms with van der Waals surface area (Å²) in [6.45, 7) is 6.09. The number of aryl methyl sites for hydroxylation is 2. The van der Waals surface area contributed by atoms with E-state index in [9.17, 15) is 4.79 Å². The standard InChI is InChI=1S/C19H24N4O2/c1-3-22-11-15(10-19(22)24)23-12-17(20-21-23)16-8-13-6-5-7-14(13)9-18(16)25-4-2/h8-9,12,15H,3-7,10-11H2,1-2H3/t15-/m0/s1. The molecule has 2 heterocycles. The van der Waals surface area contributed by atoms with E-state index in [2.05, 4.69) is 22.4 Å². The highest BCUT2D eigenvalue weighted by atomic mass is 16.5. The first-order valence-electron chi connectivity index (χ1n) is 9.18. The fourth-order valence-electron chi connectivity index (χ4n) is 3.89. The van der Waals surface area contributed by atoms with Crippen molar-refractivity contribution >= 4 is 5.91 Å². The Labute approximate surface area is 147 Å². The minimum Gasteiger partial charge on any atom is -0.493 e. The highest BCUT2D eigenvalue weighted by molar-refractivity contribution is 5.79. The second-order valence-electron chi connectivity index (χ2n) is 6.78. The Kier molecular flexibility index (Phi) is 4.19. The largest absolute Gasteiger partial charge is 0.493 e. The van der Waals surface area contributed by atoms with E-state index in [1.807, 2.05) is 29.6 Å². The summed E-state index contributed by atoms with van der Waals surface area (Å²) in [7, 11) is 0. The number of ether oxygens (including phenoxy) is 1. The van der Waals surface area contributed by atoms with Crippen molar-refractivity contribution < 1.29 is 9.53 Å². The van der Waals surface area contributed by atoms with Gasteiger partial charge in [0.05, 0.1) is 25.3 Å². The van der Waals surface area contributed by atoms with Crippen molar-refractivity contribution in [3.8, 4) is 17.0 Å². The van der Waals surface area contributed by atoms with Crippen LogP contribution in [0.2, 0.25) is 0 Å². The minimum absolute atomic E-state index is 0.0682. The Hall–Kier alpha value is -2.37. The summed E-state index contributed by atoms with van der Waals surface area (Å²) in [6.07, 6.45) is 5.90. The van der Waals surface area contributed by atoms with E-state index in [1.165, 1.54) is 17.5 Å². The van der Waals surface area contributed by atoms with Crippen LogP contribution in [0, 0.1) is 0 Å². The van der Waals surface area contributed by atoms with E-state index in [4.69, 9.17) is 4.74 Å². The molecule has 132 valence electrons. The molecule has 0 saturated carbocycles. The molecule has 1 aromatic heterocycles. The number of aromatic nitrogens is 3. The molecule has 4 rings (SSSR count). The van der Waals surface area contributed by atoms with Crippen molar-refractivity contribution in [3.05, 3.63) is 29.5 Å². The maximum Gasteiger partial charge on any atom is 0.224 e. The highest BCUT2D eigenvalue weighted by Crippen LogP contribution is 2.36. The maximum absolute atomic E-state index is 12.0. The molecule has 2 aliphatic rings. The molecule has 0 unspecified atom stereocenters. The van der Waals surface area contributed by atoms with Gasteiger partial charge in [-0.3, -0.25) is 4.79 Å². The lowest BCUT2D eigenvalue weighted by molar-refractivity contribution is -0.127. The molecule has 1 aromatic carbocycles. The van der Waals surface area contributed by atoms with Crippen LogP contribution in [0.15, 0.2) is 18.3 Å². The van der Waals surface area contributed by atoms with Crippen LogP contribution >= 0.6 is 0 Å². The van der Waals surface area contributed by atoms with Gasteiger partial charge in [-0.2, -0.15) is 0 Å². The summed E-state index contributed by atoms with van der Waals surface area (Å²) in [6, 6.07) is 4.44. The third kappa shape index (κ3) is 2.90. The van der Waals surface area contributed by atoms with E-state index >= 15 is 0 Å². The molecule has 1 saturated heterocycles. The first-order chi connectivity index (χ1) is 12.2. The molecule has 0 radical (unpaired) electrons. The van der Waals surface area contributed by atoms with Crippen LogP contribution in [0.25, 0.3) is 11.3 Å².